The van der Waals surface area contributed by atoms with Crippen molar-refractivity contribution in [2.75, 3.05) is 11.9 Å². The predicted molar refractivity (Wildman–Crippen MR) is 107 cm³/mol. The van der Waals surface area contributed by atoms with Crippen molar-refractivity contribution in [1.29, 1.82) is 0 Å². The van der Waals surface area contributed by atoms with E-state index in [2.05, 4.69) is 34.3 Å². The number of aryl methyl sites for hydroxylation is 1. The second-order valence-electron chi connectivity index (χ2n) is 7.20. The Morgan fingerprint density at radius 3 is 3.04 bits per heavy atom. The number of benzene rings is 1. The summed E-state index contributed by atoms with van der Waals surface area (Å²) in [5.41, 5.74) is 0.578. The average molecular weight is 399 g/mol. The molecule has 0 radical (unpaired) electrons. The summed E-state index contributed by atoms with van der Waals surface area (Å²) in [5.74, 6) is 1.47. The SMILES string of the molecule is CC(C)Cc1nnc(NC(=O)COc2ccc3c(=O)n4c(nc3c2)CCC4)s1. The van der Waals surface area contributed by atoms with Gasteiger partial charge in [-0.15, -0.1) is 10.2 Å². The highest BCUT2D eigenvalue weighted by Gasteiger charge is 2.16. The first-order chi connectivity index (χ1) is 13.5. The van der Waals surface area contributed by atoms with E-state index in [0.29, 0.717) is 27.7 Å². The molecule has 2 aromatic heterocycles. The molecule has 8 nitrogen and oxygen atoms in total. The molecule has 1 amide bonds. The number of hydrogen-bond acceptors (Lipinski definition) is 7. The number of carbonyl (C=O) groups is 1. The van der Waals surface area contributed by atoms with Crippen molar-refractivity contribution < 1.29 is 9.53 Å². The summed E-state index contributed by atoms with van der Waals surface area (Å²) >= 11 is 1.37. The molecule has 1 N–H and O–H groups in total. The molecule has 0 saturated heterocycles. The number of rotatable bonds is 6. The van der Waals surface area contributed by atoms with Crippen LogP contribution >= 0.6 is 11.3 Å². The fourth-order valence-electron chi connectivity index (χ4n) is 3.19. The maximum absolute atomic E-state index is 12.5. The topological polar surface area (TPSA) is 99.0 Å². The summed E-state index contributed by atoms with van der Waals surface area (Å²) in [5, 5.41) is 12.7. The lowest BCUT2D eigenvalue weighted by molar-refractivity contribution is -0.118. The minimum atomic E-state index is -0.311. The lowest BCUT2D eigenvalue weighted by Gasteiger charge is -2.08. The zero-order valence-corrected chi connectivity index (χ0v) is 16.6. The first kappa shape index (κ1) is 18.5. The van der Waals surface area contributed by atoms with E-state index in [1.165, 1.54) is 11.3 Å². The first-order valence-corrected chi connectivity index (χ1v) is 10.1. The number of anilines is 1. The standard InChI is InChI=1S/C19H21N5O3S/c1-11(2)8-17-22-23-19(28-17)21-16(25)10-27-12-5-6-13-14(9-12)20-15-4-3-7-24(15)18(13)26/h5-6,9,11H,3-4,7-8,10H2,1-2H3,(H,21,23,25). The Labute approximate surface area is 165 Å². The molecule has 146 valence electrons. The number of fused-ring (bicyclic) bond motifs is 2. The number of aromatic nitrogens is 4. The molecular formula is C19H21N5O3S. The van der Waals surface area contributed by atoms with Crippen LogP contribution in [0.2, 0.25) is 0 Å². The molecule has 3 heterocycles. The molecule has 3 aromatic rings. The van der Waals surface area contributed by atoms with Crippen molar-refractivity contribution in [2.24, 2.45) is 5.92 Å². The van der Waals surface area contributed by atoms with E-state index in [4.69, 9.17) is 4.74 Å². The molecule has 1 aromatic carbocycles. The van der Waals surface area contributed by atoms with Gasteiger partial charge in [-0.25, -0.2) is 4.98 Å². The highest BCUT2D eigenvalue weighted by atomic mass is 32.1. The zero-order chi connectivity index (χ0) is 19.7. The maximum Gasteiger partial charge on any atom is 0.264 e. The number of nitrogens with zero attached hydrogens (tertiary/aromatic N) is 4. The van der Waals surface area contributed by atoms with E-state index in [1.54, 1.807) is 22.8 Å². The van der Waals surface area contributed by atoms with E-state index < -0.39 is 0 Å². The Bertz CT molecular complexity index is 1090. The van der Waals surface area contributed by atoms with Gasteiger partial charge in [0.25, 0.3) is 11.5 Å². The summed E-state index contributed by atoms with van der Waals surface area (Å²) in [6.45, 7) is 4.78. The molecule has 0 spiro atoms. The van der Waals surface area contributed by atoms with Crippen LogP contribution in [0, 0.1) is 5.92 Å². The largest absolute Gasteiger partial charge is 0.484 e. The number of hydrogen-bond donors (Lipinski definition) is 1. The van der Waals surface area contributed by atoms with Gasteiger partial charge in [-0.3, -0.25) is 19.5 Å². The van der Waals surface area contributed by atoms with Crippen LogP contribution in [-0.2, 0) is 24.2 Å². The van der Waals surface area contributed by atoms with E-state index in [1.807, 2.05) is 0 Å². The fourth-order valence-corrected chi connectivity index (χ4v) is 4.16. The van der Waals surface area contributed by atoms with Crippen molar-refractivity contribution in [3.8, 4) is 5.75 Å². The van der Waals surface area contributed by atoms with Gasteiger partial charge in [0, 0.05) is 25.5 Å². The molecule has 0 unspecified atom stereocenters. The Morgan fingerprint density at radius 2 is 2.21 bits per heavy atom. The van der Waals surface area contributed by atoms with Crippen LogP contribution in [0.15, 0.2) is 23.0 Å². The van der Waals surface area contributed by atoms with E-state index in [-0.39, 0.29) is 18.1 Å². The highest BCUT2D eigenvalue weighted by Crippen LogP contribution is 2.21. The van der Waals surface area contributed by atoms with Crippen LogP contribution in [-0.4, -0.2) is 32.3 Å². The van der Waals surface area contributed by atoms with Gasteiger partial charge in [0.2, 0.25) is 5.13 Å². The molecule has 0 bridgehead atoms. The van der Waals surface area contributed by atoms with Crippen LogP contribution in [0.25, 0.3) is 10.9 Å². The van der Waals surface area contributed by atoms with E-state index in [0.717, 1.165) is 36.6 Å². The van der Waals surface area contributed by atoms with Crippen molar-refractivity contribution in [3.05, 3.63) is 39.4 Å². The van der Waals surface area contributed by atoms with Gasteiger partial charge in [-0.2, -0.15) is 0 Å². The van der Waals surface area contributed by atoms with E-state index >= 15 is 0 Å². The summed E-state index contributed by atoms with van der Waals surface area (Å²) < 4.78 is 7.30. The third-order valence-corrected chi connectivity index (χ3v) is 5.31. The quantitative estimate of drug-likeness (QED) is 0.683. The Hall–Kier alpha value is -2.81. The van der Waals surface area contributed by atoms with Gasteiger partial charge < -0.3 is 4.74 Å². The van der Waals surface area contributed by atoms with Gasteiger partial charge in [0.05, 0.1) is 10.9 Å². The van der Waals surface area contributed by atoms with Gasteiger partial charge >= 0.3 is 0 Å². The minimum Gasteiger partial charge on any atom is -0.484 e. The predicted octanol–water partition coefficient (Wildman–Crippen LogP) is 2.41. The molecule has 0 saturated carbocycles. The first-order valence-electron chi connectivity index (χ1n) is 9.28. The van der Waals surface area contributed by atoms with Gasteiger partial charge in [0.15, 0.2) is 6.61 Å². The van der Waals surface area contributed by atoms with E-state index in [9.17, 15) is 9.59 Å². The van der Waals surface area contributed by atoms with Crippen LogP contribution in [0.4, 0.5) is 5.13 Å². The maximum atomic E-state index is 12.5. The Kier molecular flexibility index (Phi) is 5.08. The third-order valence-electron chi connectivity index (χ3n) is 4.45. The Morgan fingerprint density at radius 1 is 1.36 bits per heavy atom. The third kappa shape index (κ3) is 3.89. The van der Waals surface area contributed by atoms with Crippen LogP contribution in [0.5, 0.6) is 5.75 Å². The van der Waals surface area contributed by atoms with Crippen molar-refractivity contribution in [3.63, 3.8) is 0 Å². The number of ether oxygens (including phenoxy) is 1. The molecular weight excluding hydrogens is 378 g/mol. The lowest BCUT2D eigenvalue weighted by Crippen LogP contribution is -2.21. The summed E-state index contributed by atoms with van der Waals surface area (Å²) in [6.07, 6.45) is 2.57. The van der Waals surface area contributed by atoms with Crippen molar-refractivity contribution in [1.82, 2.24) is 19.7 Å². The van der Waals surface area contributed by atoms with Crippen molar-refractivity contribution in [2.45, 2.75) is 39.7 Å². The molecule has 0 atom stereocenters. The van der Waals surface area contributed by atoms with Gasteiger partial charge in [-0.1, -0.05) is 25.2 Å². The molecule has 28 heavy (non-hydrogen) atoms. The molecule has 9 heteroatoms. The molecule has 1 aliphatic rings. The second kappa shape index (κ2) is 7.67. The zero-order valence-electron chi connectivity index (χ0n) is 15.8. The lowest BCUT2D eigenvalue weighted by atomic mass is 10.1. The molecule has 0 aliphatic carbocycles. The fraction of sp³-hybridized carbons (Fsp3) is 0.421. The summed E-state index contributed by atoms with van der Waals surface area (Å²) in [6, 6.07) is 5.09. The highest BCUT2D eigenvalue weighted by molar-refractivity contribution is 7.15. The van der Waals surface area contributed by atoms with Crippen LogP contribution < -0.4 is 15.6 Å². The molecule has 4 rings (SSSR count). The second-order valence-corrected chi connectivity index (χ2v) is 8.27. The average Bonchev–Trinajstić information content (AvgIpc) is 3.29. The van der Waals surface area contributed by atoms with Crippen LogP contribution in [0.1, 0.15) is 31.1 Å². The van der Waals surface area contributed by atoms with Crippen molar-refractivity contribution >= 4 is 33.3 Å². The van der Waals surface area contributed by atoms with Crippen LogP contribution in [0.3, 0.4) is 0 Å². The normalized spacial score (nSPS) is 13.1. The van der Waals surface area contributed by atoms with Gasteiger partial charge in [-0.05, 0) is 24.5 Å². The molecule has 0 fully saturated rings. The smallest absolute Gasteiger partial charge is 0.264 e. The summed E-state index contributed by atoms with van der Waals surface area (Å²) in [4.78, 5) is 29.2. The minimum absolute atomic E-state index is 0.0183. The number of carbonyl (C=O) groups excluding carboxylic acids is 1. The monoisotopic (exact) mass is 399 g/mol. The number of amides is 1. The Balaban J connectivity index is 1.41. The number of nitrogens with one attached hydrogen (secondary N) is 1. The van der Waals surface area contributed by atoms with Gasteiger partial charge in [0.1, 0.15) is 16.6 Å². The molecule has 1 aliphatic heterocycles. The summed E-state index contributed by atoms with van der Waals surface area (Å²) in [7, 11) is 0.